The van der Waals surface area contributed by atoms with E-state index in [1.807, 2.05) is 0 Å². The fraction of sp³-hybridized carbons (Fsp3) is 0.429. The molecule has 0 aliphatic carbocycles. The predicted molar refractivity (Wildman–Crippen MR) is 59.5 cm³/mol. The number of thiophene rings is 1. The lowest BCUT2D eigenvalue weighted by Gasteiger charge is -2.03. The summed E-state index contributed by atoms with van der Waals surface area (Å²) in [7, 11) is -3.63. The zero-order valence-electron chi connectivity index (χ0n) is 7.66. The number of thioether (sulfide) groups is 1. The topological polar surface area (TPSA) is 101 Å². The molecule has 0 aliphatic rings. The summed E-state index contributed by atoms with van der Waals surface area (Å²) < 4.78 is 22.7. The van der Waals surface area contributed by atoms with Crippen LogP contribution in [0.5, 0.6) is 0 Å². The maximum atomic E-state index is 10.9. The van der Waals surface area contributed by atoms with Gasteiger partial charge in [0.05, 0.1) is 16.9 Å². The average molecular weight is 269 g/mol. The van der Waals surface area contributed by atoms with Crippen molar-refractivity contribution in [1.29, 1.82) is 0 Å². The molecule has 1 heterocycles. The molecule has 1 atom stereocenters. The molecule has 15 heavy (non-hydrogen) atoms. The monoisotopic (exact) mass is 269 g/mol. The number of nitrogens with two attached hydrogens (primary N) is 1. The second-order valence-corrected chi connectivity index (χ2v) is 6.96. The van der Waals surface area contributed by atoms with Crippen LogP contribution in [0.4, 0.5) is 0 Å². The Morgan fingerprint density at radius 1 is 1.53 bits per heavy atom. The molecular formula is C7H11NO4S3. The zero-order chi connectivity index (χ0) is 11.5. The Labute approximate surface area is 96.0 Å². The van der Waals surface area contributed by atoms with Crippen LogP contribution in [0.3, 0.4) is 0 Å². The van der Waals surface area contributed by atoms with Crippen molar-refractivity contribution in [2.24, 2.45) is 5.14 Å². The van der Waals surface area contributed by atoms with Gasteiger partial charge in [-0.1, -0.05) is 0 Å². The molecule has 0 amide bonds. The minimum Gasteiger partial charge on any atom is -0.394 e. The van der Waals surface area contributed by atoms with Gasteiger partial charge in [-0.05, 0) is 12.1 Å². The van der Waals surface area contributed by atoms with Gasteiger partial charge in [0.1, 0.15) is 4.21 Å². The highest BCUT2D eigenvalue weighted by Crippen LogP contribution is 2.29. The molecule has 8 heteroatoms. The molecule has 5 nitrogen and oxygen atoms in total. The van der Waals surface area contributed by atoms with E-state index in [2.05, 4.69) is 0 Å². The second kappa shape index (κ2) is 5.28. The quantitative estimate of drug-likeness (QED) is 0.645. The van der Waals surface area contributed by atoms with Gasteiger partial charge in [0.25, 0.3) is 0 Å². The van der Waals surface area contributed by atoms with Gasteiger partial charge in [0.2, 0.25) is 10.0 Å². The first-order chi connectivity index (χ1) is 6.93. The van der Waals surface area contributed by atoms with Gasteiger partial charge < -0.3 is 10.2 Å². The molecule has 1 rings (SSSR count). The van der Waals surface area contributed by atoms with Gasteiger partial charge in [-0.2, -0.15) is 0 Å². The number of hydrogen-bond donors (Lipinski definition) is 3. The van der Waals surface area contributed by atoms with Crippen LogP contribution in [0.25, 0.3) is 0 Å². The summed E-state index contributed by atoms with van der Waals surface area (Å²) in [6.45, 7) is -0.305. The molecule has 1 aromatic heterocycles. The van der Waals surface area contributed by atoms with E-state index < -0.39 is 16.1 Å². The Morgan fingerprint density at radius 3 is 2.67 bits per heavy atom. The summed E-state index contributed by atoms with van der Waals surface area (Å²) >= 11 is 2.33. The van der Waals surface area contributed by atoms with Crippen LogP contribution in [0.1, 0.15) is 0 Å². The molecule has 0 saturated carbocycles. The first kappa shape index (κ1) is 12.9. The highest BCUT2D eigenvalue weighted by atomic mass is 32.3. The van der Waals surface area contributed by atoms with Crippen LogP contribution in [0, 0.1) is 0 Å². The van der Waals surface area contributed by atoms with Crippen LogP contribution in [0.2, 0.25) is 0 Å². The number of sulfonamides is 1. The Kier molecular flexibility index (Phi) is 4.56. The fourth-order valence-electron chi connectivity index (χ4n) is 0.765. The summed E-state index contributed by atoms with van der Waals surface area (Å²) in [5.74, 6) is 0.321. The third-order valence-corrected chi connectivity index (χ3v) is 5.36. The maximum absolute atomic E-state index is 10.9. The van der Waals surface area contributed by atoms with Gasteiger partial charge in [-0.3, -0.25) is 0 Å². The molecule has 0 fully saturated rings. The predicted octanol–water partition coefficient (Wildman–Crippen LogP) is -0.159. The number of rotatable bonds is 5. The highest BCUT2D eigenvalue weighted by molar-refractivity contribution is 8.01. The van der Waals surface area contributed by atoms with Gasteiger partial charge in [0, 0.05) is 5.75 Å². The van der Waals surface area contributed by atoms with Gasteiger partial charge in [0.15, 0.2) is 0 Å². The molecule has 0 bridgehead atoms. The lowest BCUT2D eigenvalue weighted by molar-refractivity contribution is 0.113. The van der Waals surface area contributed by atoms with Crippen molar-refractivity contribution in [2.75, 3.05) is 12.4 Å². The number of aliphatic hydroxyl groups is 2. The lowest BCUT2D eigenvalue weighted by Crippen LogP contribution is -2.14. The molecule has 0 aliphatic heterocycles. The van der Waals surface area contributed by atoms with Crippen LogP contribution < -0.4 is 5.14 Å². The summed E-state index contributed by atoms with van der Waals surface area (Å²) in [6, 6.07) is 3.05. The minimum atomic E-state index is -3.63. The summed E-state index contributed by atoms with van der Waals surface area (Å²) in [6.07, 6.45) is -0.796. The second-order valence-electron chi connectivity index (χ2n) is 2.77. The van der Waals surface area contributed by atoms with Gasteiger partial charge in [-0.15, -0.1) is 23.1 Å². The average Bonchev–Trinajstić information content (AvgIpc) is 2.61. The third kappa shape index (κ3) is 4.09. The Morgan fingerprint density at radius 2 is 2.20 bits per heavy atom. The molecule has 1 aromatic rings. The molecule has 0 spiro atoms. The SMILES string of the molecule is NS(=O)(=O)c1ccc(SCC(O)CO)s1. The van der Waals surface area contributed by atoms with E-state index in [1.165, 1.54) is 17.8 Å². The molecular weight excluding hydrogens is 258 g/mol. The van der Waals surface area contributed by atoms with Crippen molar-refractivity contribution >= 4 is 33.1 Å². The van der Waals surface area contributed by atoms with Crippen LogP contribution in [0.15, 0.2) is 20.6 Å². The molecule has 1 unspecified atom stereocenters. The van der Waals surface area contributed by atoms with E-state index in [-0.39, 0.29) is 10.8 Å². The fourth-order valence-corrected chi connectivity index (χ4v) is 3.72. The van der Waals surface area contributed by atoms with E-state index in [9.17, 15) is 8.42 Å². The van der Waals surface area contributed by atoms with E-state index in [1.54, 1.807) is 6.07 Å². The van der Waals surface area contributed by atoms with Crippen molar-refractivity contribution in [2.45, 2.75) is 14.5 Å². The van der Waals surface area contributed by atoms with E-state index in [0.29, 0.717) is 5.75 Å². The maximum Gasteiger partial charge on any atom is 0.247 e. The largest absolute Gasteiger partial charge is 0.394 e. The van der Waals surface area contributed by atoms with Gasteiger partial charge >= 0.3 is 0 Å². The van der Waals surface area contributed by atoms with Crippen molar-refractivity contribution < 1.29 is 18.6 Å². The van der Waals surface area contributed by atoms with Crippen molar-refractivity contribution in [3.05, 3.63) is 12.1 Å². The smallest absolute Gasteiger partial charge is 0.247 e. The van der Waals surface area contributed by atoms with E-state index in [4.69, 9.17) is 15.4 Å². The summed E-state index contributed by atoms with van der Waals surface area (Å²) in [4.78, 5) is 0. The molecule has 86 valence electrons. The first-order valence-corrected chi connectivity index (χ1v) is 7.32. The zero-order valence-corrected chi connectivity index (χ0v) is 10.1. The number of hydrogen-bond acceptors (Lipinski definition) is 6. The molecule has 4 N–H and O–H groups in total. The van der Waals surface area contributed by atoms with Gasteiger partial charge in [-0.25, -0.2) is 13.6 Å². The van der Waals surface area contributed by atoms with E-state index in [0.717, 1.165) is 15.5 Å². The third-order valence-electron chi connectivity index (χ3n) is 1.47. The minimum absolute atomic E-state index is 0.100. The van der Waals surface area contributed by atoms with Crippen molar-refractivity contribution in [3.63, 3.8) is 0 Å². The van der Waals surface area contributed by atoms with Crippen molar-refractivity contribution in [3.8, 4) is 0 Å². The molecule has 0 radical (unpaired) electrons. The number of primary sulfonamides is 1. The Bertz CT molecular complexity index is 414. The molecule has 0 saturated heterocycles. The van der Waals surface area contributed by atoms with Crippen LogP contribution in [-0.2, 0) is 10.0 Å². The standard InChI is InChI=1S/C7H11NO4S3/c8-15(11,12)7-2-1-6(14-7)13-4-5(10)3-9/h1-2,5,9-10H,3-4H2,(H2,8,11,12). The van der Waals surface area contributed by atoms with Crippen LogP contribution in [-0.4, -0.2) is 37.1 Å². The Balaban J connectivity index is 2.62. The molecule has 0 aromatic carbocycles. The summed E-state index contributed by atoms with van der Waals surface area (Å²) in [5.41, 5.74) is 0. The van der Waals surface area contributed by atoms with Crippen molar-refractivity contribution in [1.82, 2.24) is 0 Å². The van der Waals surface area contributed by atoms with E-state index >= 15 is 0 Å². The summed E-state index contributed by atoms with van der Waals surface area (Å²) in [5, 5.41) is 22.6. The normalized spacial score (nSPS) is 14.1. The lowest BCUT2D eigenvalue weighted by atomic mass is 10.4. The number of aliphatic hydroxyl groups excluding tert-OH is 2. The highest BCUT2D eigenvalue weighted by Gasteiger charge is 2.12. The Hall–Kier alpha value is -0.120. The first-order valence-electron chi connectivity index (χ1n) is 3.98. The van der Waals surface area contributed by atoms with Crippen LogP contribution >= 0.6 is 23.1 Å².